The van der Waals surface area contributed by atoms with E-state index in [1.165, 1.54) is 6.07 Å². The Labute approximate surface area is 131 Å². The lowest BCUT2D eigenvalue weighted by Gasteiger charge is -2.07. The number of imidazole rings is 1. The van der Waals surface area contributed by atoms with Crippen LogP contribution in [0.4, 0.5) is 14.5 Å². The maximum Gasteiger partial charge on any atom is 0.228 e. The molecule has 0 aliphatic rings. The van der Waals surface area contributed by atoms with Crippen LogP contribution in [0.15, 0.2) is 36.4 Å². The van der Waals surface area contributed by atoms with Crippen molar-refractivity contribution >= 4 is 22.6 Å². The number of anilines is 1. The van der Waals surface area contributed by atoms with Gasteiger partial charge < -0.3 is 9.88 Å². The normalized spacial score (nSPS) is 11.0. The number of benzene rings is 2. The Morgan fingerprint density at radius 3 is 2.74 bits per heavy atom. The monoisotopic (exact) mass is 315 g/mol. The highest BCUT2D eigenvalue weighted by molar-refractivity contribution is 5.93. The number of halogens is 2. The Morgan fingerprint density at radius 1 is 1.22 bits per heavy atom. The van der Waals surface area contributed by atoms with Crippen molar-refractivity contribution in [1.82, 2.24) is 9.55 Å². The van der Waals surface area contributed by atoms with Crippen molar-refractivity contribution in [2.75, 3.05) is 5.32 Å². The molecule has 3 aromatic rings. The molecule has 3 rings (SSSR count). The van der Waals surface area contributed by atoms with Crippen LogP contribution in [0.5, 0.6) is 0 Å². The van der Waals surface area contributed by atoms with Gasteiger partial charge in [0, 0.05) is 13.1 Å². The van der Waals surface area contributed by atoms with Gasteiger partial charge in [-0.3, -0.25) is 4.79 Å². The molecule has 118 valence electrons. The second-order valence-electron chi connectivity index (χ2n) is 5.39. The molecule has 0 aliphatic carbocycles. The molecule has 4 nitrogen and oxygen atoms in total. The highest BCUT2D eigenvalue weighted by Crippen LogP contribution is 2.18. The number of hydrogen-bond acceptors (Lipinski definition) is 2. The molecule has 0 aliphatic heterocycles. The molecule has 0 atom stereocenters. The van der Waals surface area contributed by atoms with Crippen LogP contribution in [0, 0.1) is 18.6 Å². The molecule has 1 amide bonds. The fourth-order valence-electron chi connectivity index (χ4n) is 2.45. The number of hydrogen-bond donors (Lipinski definition) is 1. The van der Waals surface area contributed by atoms with Gasteiger partial charge in [-0.1, -0.05) is 6.07 Å². The number of nitrogens with zero attached hydrogens (tertiary/aromatic N) is 2. The van der Waals surface area contributed by atoms with Gasteiger partial charge in [0.25, 0.3) is 0 Å². The molecular formula is C17H15F2N3O. The summed E-state index contributed by atoms with van der Waals surface area (Å²) >= 11 is 0. The SMILES string of the molecule is Cc1nc2cc(CC(=O)Nc3ccc(F)cc3F)ccc2n1C. The minimum atomic E-state index is -0.797. The van der Waals surface area contributed by atoms with Gasteiger partial charge in [0.15, 0.2) is 0 Å². The maximum atomic E-state index is 13.5. The zero-order chi connectivity index (χ0) is 16.6. The third-order valence-corrected chi connectivity index (χ3v) is 3.74. The molecule has 0 bridgehead atoms. The number of rotatable bonds is 3. The second kappa shape index (κ2) is 5.79. The molecule has 1 aromatic heterocycles. The summed E-state index contributed by atoms with van der Waals surface area (Å²) in [6.07, 6.45) is 0.0857. The molecule has 1 heterocycles. The van der Waals surface area contributed by atoms with E-state index >= 15 is 0 Å². The molecule has 23 heavy (non-hydrogen) atoms. The molecule has 2 aromatic carbocycles. The molecule has 0 spiro atoms. The number of aromatic nitrogens is 2. The number of carbonyl (C=O) groups is 1. The van der Waals surface area contributed by atoms with Gasteiger partial charge in [-0.05, 0) is 36.8 Å². The van der Waals surface area contributed by atoms with Gasteiger partial charge in [-0.15, -0.1) is 0 Å². The van der Waals surface area contributed by atoms with Gasteiger partial charge in [0.2, 0.25) is 5.91 Å². The van der Waals surface area contributed by atoms with E-state index in [1.54, 1.807) is 0 Å². The highest BCUT2D eigenvalue weighted by atomic mass is 19.1. The van der Waals surface area contributed by atoms with Crippen LogP contribution in [0.1, 0.15) is 11.4 Å². The standard InChI is InChI=1S/C17H15F2N3O/c1-10-20-15-7-11(3-6-16(15)22(10)2)8-17(23)21-14-5-4-12(18)9-13(14)19/h3-7,9H,8H2,1-2H3,(H,21,23). The van der Waals surface area contributed by atoms with Crippen molar-refractivity contribution in [2.24, 2.45) is 7.05 Å². The van der Waals surface area contributed by atoms with Gasteiger partial charge in [0.05, 0.1) is 23.1 Å². The maximum absolute atomic E-state index is 13.5. The number of fused-ring (bicyclic) bond motifs is 1. The highest BCUT2D eigenvalue weighted by Gasteiger charge is 2.10. The summed E-state index contributed by atoms with van der Waals surface area (Å²) in [5.41, 5.74) is 2.53. The van der Waals surface area contributed by atoms with Crippen LogP contribution < -0.4 is 5.32 Å². The number of amides is 1. The van der Waals surface area contributed by atoms with Crippen molar-refractivity contribution in [3.63, 3.8) is 0 Å². The Balaban J connectivity index is 1.77. The zero-order valence-corrected chi connectivity index (χ0v) is 12.7. The molecule has 6 heteroatoms. The molecule has 1 N–H and O–H groups in total. The summed E-state index contributed by atoms with van der Waals surface area (Å²) in [5.74, 6) is -0.969. The average Bonchev–Trinajstić information content (AvgIpc) is 2.77. The smallest absolute Gasteiger partial charge is 0.228 e. The van der Waals surface area contributed by atoms with Crippen LogP contribution in [-0.2, 0) is 18.3 Å². The quantitative estimate of drug-likeness (QED) is 0.806. The third kappa shape index (κ3) is 3.06. The van der Waals surface area contributed by atoms with Crippen molar-refractivity contribution in [3.8, 4) is 0 Å². The first-order chi connectivity index (χ1) is 10.9. The largest absolute Gasteiger partial charge is 0.331 e. The summed E-state index contributed by atoms with van der Waals surface area (Å²) in [6.45, 7) is 1.91. The Bertz CT molecular complexity index is 902. The van der Waals surface area contributed by atoms with Gasteiger partial charge in [-0.2, -0.15) is 0 Å². The van der Waals surface area contributed by atoms with E-state index in [0.717, 1.165) is 34.6 Å². The Morgan fingerprint density at radius 2 is 2.00 bits per heavy atom. The van der Waals surface area contributed by atoms with Crippen LogP contribution in [-0.4, -0.2) is 15.5 Å². The van der Waals surface area contributed by atoms with E-state index in [-0.39, 0.29) is 18.0 Å². The summed E-state index contributed by atoms with van der Waals surface area (Å²) in [7, 11) is 1.92. The minimum Gasteiger partial charge on any atom is -0.331 e. The number of nitrogens with one attached hydrogen (secondary N) is 1. The van der Waals surface area contributed by atoms with Gasteiger partial charge in [-0.25, -0.2) is 13.8 Å². The minimum absolute atomic E-state index is 0.0360. The van der Waals surface area contributed by atoms with Crippen LogP contribution >= 0.6 is 0 Å². The molecule has 0 unspecified atom stereocenters. The van der Waals surface area contributed by atoms with Crippen molar-refractivity contribution in [2.45, 2.75) is 13.3 Å². The third-order valence-electron chi connectivity index (χ3n) is 3.74. The number of aryl methyl sites for hydroxylation is 2. The first-order valence-electron chi connectivity index (χ1n) is 7.11. The predicted molar refractivity (Wildman–Crippen MR) is 84.1 cm³/mol. The van der Waals surface area contributed by atoms with Gasteiger partial charge >= 0.3 is 0 Å². The first-order valence-corrected chi connectivity index (χ1v) is 7.11. The average molecular weight is 315 g/mol. The predicted octanol–water partition coefficient (Wildman–Crippen LogP) is 3.34. The summed E-state index contributed by atoms with van der Waals surface area (Å²) in [6, 6.07) is 8.61. The van der Waals surface area contributed by atoms with E-state index in [1.807, 2.05) is 36.7 Å². The lowest BCUT2D eigenvalue weighted by atomic mass is 10.1. The van der Waals surface area contributed by atoms with E-state index in [4.69, 9.17) is 0 Å². The molecule has 0 fully saturated rings. The van der Waals surface area contributed by atoms with E-state index in [0.29, 0.717) is 0 Å². The molecular weight excluding hydrogens is 300 g/mol. The lowest BCUT2D eigenvalue weighted by Crippen LogP contribution is -2.15. The Kier molecular flexibility index (Phi) is 3.82. The van der Waals surface area contributed by atoms with Crippen LogP contribution in [0.25, 0.3) is 11.0 Å². The van der Waals surface area contributed by atoms with Crippen molar-refractivity contribution < 1.29 is 13.6 Å². The van der Waals surface area contributed by atoms with E-state index in [2.05, 4.69) is 10.3 Å². The zero-order valence-electron chi connectivity index (χ0n) is 12.7. The van der Waals surface area contributed by atoms with Crippen molar-refractivity contribution in [3.05, 3.63) is 59.4 Å². The Hall–Kier alpha value is -2.76. The second-order valence-corrected chi connectivity index (χ2v) is 5.39. The topological polar surface area (TPSA) is 46.9 Å². The molecule has 0 radical (unpaired) electrons. The summed E-state index contributed by atoms with van der Waals surface area (Å²) in [4.78, 5) is 16.4. The first kappa shape index (κ1) is 15.1. The summed E-state index contributed by atoms with van der Waals surface area (Å²) in [5, 5.41) is 2.44. The lowest BCUT2D eigenvalue weighted by molar-refractivity contribution is -0.115. The molecule has 0 saturated heterocycles. The fraction of sp³-hybridized carbons (Fsp3) is 0.176. The van der Waals surface area contributed by atoms with Crippen molar-refractivity contribution in [1.29, 1.82) is 0 Å². The van der Waals surface area contributed by atoms with Gasteiger partial charge in [0.1, 0.15) is 17.5 Å². The fourth-order valence-corrected chi connectivity index (χ4v) is 2.45. The van der Waals surface area contributed by atoms with E-state index < -0.39 is 11.6 Å². The number of carbonyl (C=O) groups excluding carboxylic acids is 1. The van der Waals surface area contributed by atoms with E-state index in [9.17, 15) is 13.6 Å². The van der Waals surface area contributed by atoms with Crippen LogP contribution in [0.2, 0.25) is 0 Å². The molecule has 0 saturated carbocycles. The summed E-state index contributed by atoms with van der Waals surface area (Å²) < 4.78 is 28.4. The van der Waals surface area contributed by atoms with Crippen LogP contribution in [0.3, 0.4) is 0 Å².